The van der Waals surface area contributed by atoms with Gasteiger partial charge in [0.05, 0.1) is 13.5 Å². The summed E-state index contributed by atoms with van der Waals surface area (Å²) in [6.45, 7) is 2.44. The zero-order chi connectivity index (χ0) is 18.5. The number of hydrogen-bond acceptors (Lipinski definition) is 5. The first-order chi connectivity index (χ1) is 12.6. The quantitative estimate of drug-likeness (QED) is 0.879. The van der Waals surface area contributed by atoms with Gasteiger partial charge in [-0.25, -0.2) is 9.78 Å². The van der Waals surface area contributed by atoms with Gasteiger partial charge in [0.15, 0.2) is 5.69 Å². The molecule has 1 saturated heterocycles. The summed E-state index contributed by atoms with van der Waals surface area (Å²) in [6.07, 6.45) is 0.358. The number of carbonyl (C=O) groups is 2. The molecule has 3 rings (SSSR count). The van der Waals surface area contributed by atoms with E-state index in [4.69, 9.17) is 9.84 Å². The van der Waals surface area contributed by atoms with Crippen LogP contribution in [-0.2, 0) is 11.2 Å². The Hall–Kier alpha value is -3.09. The fraction of sp³-hybridized carbons (Fsp3) is 0.316. The van der Waals surface area contributed by atoms with E-state index in [1.807, 2.05) is 34.1 Å². The molecule has 2 aromatic rings. The van der Waals surface area contributed by atoms with Gasteiger partial charge < -0.3 is 19.6 Å². The van der Waals surface area contributed by atoms with Crippen molar-refractivity contribution in [3.05, 3.63) is 53.7 Å². The van der Waals surface area contributed by atoms with Gasteiger partial charge in [-0.15, -0.1) is 0 Å². The normalized spacial score (nSPS) is 14.2. The van der Waals surface area contributed by atoms with Crippen LogP contribution in [0, 0.1) is 0 Å². The largest absolute Gasteiger partial charge is 0.497 e. The summed E-state index contributed by atoms with van der Waals surface area (Å²) in [4.78, 5) is 31.5. The van der Waals surface area contributed by atoms with Crippen LogP contribution in [-0.4, -0.2) is 60.2 Å². The molecule has 26 heavy (non-hydrogen) atoms. The first-order valence-corrected chi connectivity index (χ1v) is 8.43. The van der Waals surface area contributed by atoms with E-state index in [9.17, 15) is 9.59 Å². The number of rotatable bonds is 5. The smallest absolute Gasteiger partial charge is 0.354 e. The zero-order valence-electron chi connectivity index (χ0n) is 14.6. The Morgan fingerprint density at radius 3 is 2.38 bits per heavy atom. The molecule has 0 aliphatic carbocycles. The lowest BCUT2D eigenvalue weighted by Gasteiger charge is -2.35. The summed E-state index contributed by atoms with van der Waals surface area (Å²) < 4.78 is 5.12. The van der Waals surface area contributed by atoms with Crippen LogP contribution in [0.5, 0.6) is 5.75 Å². The Bertz CT molecular complexity index is 784. The minimum Gasteiger partial charge on any atom is -0.497 e. The van der Waals surface area contributed by atoms with Gasteiger partial charge in [0, 0.05) is 26.2 Å². The number of ether oxygens (including phenoxy) is 1. The first kappa shape index (κ1) is 17.7. The zero-order valence-corrected chi connectivity index (χ0v) is 14.6. The highest BCUT2D eigenvalue weighted by Crippen LogP contribution is 2.16. The molecule has 1 aliphatic heterocycles. The molecule has 0 unspecified atom stereocenters. The highest BCUT2D eigenvalue weighted by Gasteiger charge is 2.22. The van der Waals surface area contributed by atoms with E-state index in [0.717, 1.165) is 11.3 Å². The molecule has 0 saturated carbocycles. The summed E-state index contributed by atoms with van der Waals surface area (Å²) in [5.74, 6) is 0.445. The third-order valence-electron chi connectivity index (χ3n) is 4.42. The number of hydrogen-bond donors (Lipinski definition) is 1. The van der Waals surface area contributed by atoms with Crippen molar-refractivity contribution in [2.75, 3.05) is 38.2 Å². The van der Waals surface area contributed by atoms with E-state index in [2.05, 4.69) is 4.98 Å². The van der Waals surface area contributed by atoms with Crippen molar-refractivity contribution in [2.24, 2.45) is 0 Å². The standard InChI is InChI=1S/C19H21N3O4/c1-26-15-7-5-14(6-8-15)13-18(23)22-11-9-21(10-12-22)17-4-2-3-16(20-17)19(24)25/h2-8H,9-13H2,1H3,(H,24,25). The lowest BCUT2D eigenvalue weighted by molar-refractivity contribution is -0.130. The summed E-state index contributed by atoms with van der Waals surface area (Å²) in [7, 11) is 1.61. The molecule has 0 spiro atoms. The number of methoxy groups -OCH3 is 1. The van der Waals surface area contributed by atoms with Crippen molar-refractivity contribution in [3.63, 3.8) is 0 Å². The van der Waals surface area contributed by atoms with Crippen LogP contribution in [0.25, 0.3) is 0 Å². The summed E-state index contributed by atoms with van der Waals surface area (Å²) in [5.41, 5.74) is 0.981. The van der Waals surface area contributed by atoms with Crippen LogP contribution in [0.1, 0.15) is 16.1 Å². The number of benzene rings is 1. The fourth-order valence-corrected chi connectivity index (χ4v) is 2.93. The SMILES string of the molecule is COc1ccc(CC(=O)N2CCN(c3cccc(C(=O)O)n3)CC2)cc1. The fourth-order valence-electron chi connectivity index (χ4n) is 2.93. The van der Waals surface area contributed by atoms with Crippen molar-refractivity contribution in [1.82, 2.24) is 9.88 Å². The monoisotopic (exact) mass is 355 g/mol. The van der Waals surface area contributed by atoms with Crippen LogP contribution >= 0.6 is 0 Å². The number of aromatic carboxylic acids is 1. The van der Waals surface area contributed by atoms with E-state index < -0.39 is 5.97 Å². The topological polar surface area (TPSA) is 83.0 Å². The number of carboxylic acid groups (broad SMARTS) is 1. The van der Waals surface area contributed by atoms with E-state index in [0.29, 0.717) is 38.4 Å². The van der Waals surface area contributed by atoms with Crippen LogP contribution < -0.4 is 9.64 Å². The molecule has 7 nitrogen and oxygen atoms in total. The van der Waals surface area contributed by atoms with Gasteiger partial charge in [0.2, 0.25) is 5.91 Å². The molecule has 7 heteroatoms. The van der Waals surface area contributed by atoms with Crippen molar-refractivity contribution in [3.8, 4) is 5.75 Å². The number of amides is 1. The summed E-state index contributed by atoms with van der Waals surface area (Å²) >= 11 is 0. The second kappa shape index (κ2) is 7.86. The van der Waals surface area contributed by atoms with Crippen molar-refractivity contribution >= 4 is 17.7 Å². The Morgan fingerprint density at radius 2 is 1.77 bits per heavy atom. The van der Waals surface area contributed by atoms with E-state index in [1.165, 1.54) is 6.07 Å². The number of aromatic nitrogens is 1. The number of carboxylic acids is 1. The molecule has 0 bridgehead atoms. The third-order valence-corrected chi connectivity index (χ3v) is 4.42. The van der Waals surface area contributed by atoms with Gasteiger partial charge in [-0.2, -0.15) is 0 Å². The van der Waals surface area contributed by atoms with E-state index >= 15 is 0 Å². The molecule has 1 aromatic carbocycles. The van der Waals surface area contributed by atoms with Crippen LogP contribution in [0.15, 0.2) is 42.5 Å². The van der Waals surface area contributed by atoms with Crippen molar-refractivity contribution < 1.29 is 19.4 Å². The van der Waals surface area contributed by atoms with Gasteiger partial charge >= 0.3 is 5.97 Å². The van der Waals surface area contributed by atoms with Gasteiger partial charge in [-0.3, -0.25) is 4.79 Å². The Balaban J connectivity index is 1.56. The maximum Gasteiger partial charge on any atom is 0.354 e. The Labute approximate surface area is 151 Å². The second-order valence-corrected chi connectivity index (χ2v) is 6.08. The molecule has 1 amide bonds. The van der Waals surface area contributed by atoms with Crippen LogP contribution in [0.4, 0.5) is 5.82 Å². The van der Waals surface area contributed by atoms with Gasteiger partial charge in [0.1, 0.15) is 11.6 Å². The predicted molar refractivity (Wildman–Crippen MR) is 96.7 cm³/mol. The molecule has 2 heterocycles. The molecule has 0 atom stereocenters. The average Bonchev–Trinajstić information content (AvgIpc) is 2.68. The first-order valence-electron chi connectivity index (χ1n) is 8.43. The van der Waals surface area contributed by atoms with Gasteiger partial charge in [-0.1, -0.05) is 18.2 Å². The lowest BCUT2D eigenvalue weighted by Crippen LogP contribution is -2.49. The number of nitrogens with zero attached hydrogens (tertiary/aromatic N) is 3. The highest BCUT2D eigenvalue weighted by atomic mass is 16.5. The maximum atomic E-state index is 12.5. The van der Waals surface area contributed by atoms with Crippen molar-refractivity contribution in [1.29, 1.82) is 0 Å². The number of carbonyl (C=O) groups excluding carboxylic acids is 1. The third kappa shape index (κ3) is 4.11. The molecule has 1 fully saturated rings. The van der Waals surface area contributed by atoms with E-state index in [-0.39, 0.29) is 11.6 Å². The van der Waals surface area contributed by atoms with Crippen LogP contribution in [0.2, 0.25) is 0 Å². The minimum absolute atomic E-state index is 0.0283. The molecule has 0 radical (unpaired) electrons. The van der Waals surface area contributed by atoms with Crippen molar-refractivity contribution in [2.45, 2.75) is 6.42 Å². The number of anilines is 1. The van der Waals surface area contributed by atoms with Gasteiger partial charge in [0.25, 0.3) is 0 Å². The highest BCUT2D eigenvalue weighted by molar-refractivity contribution is 5.85. The van der Waals surface area contributed by atoms with Crippen LogP contribution in [0.3, 0.4) is 0 Å². The molecular formula is C19H21N3O4. The van der Waals surface area contributed by atoms with Gasteiger partial charge in [-0.05, 0) is 29.8 Å². The number of piperazine rings is 1. The Morgan fingerprint density at radius 1 is 1.08 bits per heavy atom. The van der Waals surface area contributed by atoms with E-state index in [1.54, 1.807) is 19.2 Å². The second-order valence-electron chi connectivity index (χ2n) is 6.08. The average molecular weight is 355 g/mol. The lowest BCUT2D eigenvalue weighted by atomic mass is 10.1. The number of pyridine rings is 1. The summed E-state index contributed by atoms with van der Waals surface area (Å²) in [5, 5.41) is 9.05. The minimum atomic E-state index is -1.04. The predicted octanol–water partition coefficient (Wildman–Crippen LogP) is 1.68. The maximum absolute atomic E-state index is 12.5. The molecule has 1 aliphatic rings. The molecular weight excluding hydrogens is 334 g/mol. The molecule has 1 aromatic heterocycles. The Kier molecular flexibility index (Phi) is 5.36. The molecule has 136 valence electrons. The molecule has 1 N–H and O–H groups in total. The summed E-state index contributed by atoms with van der Waals surface area (Å²) in [6, 6.07) is 12.4.